The van der Waals surface area contributed by atoms with Gasteiger partial charge in [0.15, 0.2) is 0 Å². The summed E-state index contributed by atoms with van der Waals surface area (Å²) in [5, 5.41) is 17.8. The van der Waals surface area contributed by atoms with Crippen LogP contribution in [-0.2, 0) is 38.4 Å². The second-order valence-corrected chi connectivity index (χ2v) is 22.2. The van der Waals surface area contributed by atoms with Crippen LogP contribution in [0.2, 0.25) is 0 Å². The maximum absolute atomic E-state index is 14.8. The molecule has 0 unspecified atom stereocenters. The number of aromatic nitrogens is 2. The molecule has 22 heteroatoms. The molecule has 1 aliphatic rings. The van der Waals surface area contributed by atoms with Gasteiger partial charge in [-0.3, -0.25) is 47.9 Å². The number of hydrogen-bond acceptors (Lipinski definition) is 12. The highest BCUT2D eigenvalue weighted by Gasteiger charge is 2.38. The molecule has 432 valence electrons. The first-order valence-electron chi connectivity index (χ1n) is 27.3. The van der Waals surface area contributed by atoms with Gasteiger partial charge in [0.25, 0.3) is 11.8 Å². The quantitative estimate of drug-likeness (QED) is 0.120. The molecular formula is C58H80N12O10. The summed E-state index contributed by atoms with van der Waals surface area (Å²) in [7, 11) is 5.55. The van der Waals surface area contributed by atoms with E-state index in [1.807, 2.05) is 79.7 Å². The van der Waals surface area contributed by atoms with Crippen molar-refractivity contribution in [1.29, 1.82) is 0 Å². The van der Waals surface area contributed by atoms with Gasteiger partial charge in [-0.2, -0.15) is 0 Å². The molecule has 6 atom stereocenters. The van der Waals surface area contributed by atoms with Crippen molar-refractivity contribution in [2.75, 3.05) is 54.4 Å². The molecule has 3 heterocycles. The van der Waals surface area contributed by atoms with Crippen LogP contribution in [0.4, 0.5) is 0 Å². The summed E-state index contributed by atoms with van der Waals surface area (Å²) in [4.78, 5) is 156. The lowest BCUT2D eigenvalue weighted by molar-refractivity contribution is -0.144. The van der Waals surface area contributed by atoms with Gasteiger partial charge in [-0.05, 0) is 73.6 Å². The van der Waals surface area contributed by atoms with Gasteiger partial charge in [-0.25, -0.2) is 9.97 Å². The van der Waals surface area contributed by atoms with Crippen molar-refractivity contribution in [3.8, 4) is 0 Å². The Morgan fingerprint density at radius 1 is 0.450 bits per heavy atom. The third-order valence-electron chi connectivity index (χ3n) is 14.0. The molecule has 10 amide bonds. The number of hydrogen-bond donors (Lipinski definition) is 6. The molecule has 0 radical (unpaired) electrons. The Bertz CT molecular complexity index is 2720. The van der Waals surface area contributed by atoms with Crippen LogP contribution in [0, 0.1) is 23.7 Å². The molecule has 1 aliphatic heterocycles. The van der Waals surface area contributed by atoms with E-state index in [-0.39, 0.29) is 60.7 Å². The predicted molar refractivity (Wildman–Crippen MR) is 302 cm³/mol. The van der Waals surface area contributed by atoms with E-state index in [1.165, 1.54) is 50.1 Å². The number of fused-ring (bicyclic) bond motifs is 2. The van der Waals surface area contributed by atoms with Crippen molar-refractivity contribution < 1.29 is 47.9 Å². The standard InChI is InChI=1S/C58H80N12O10/c1-33(2)25-45-53(75)59-29-43(65-51(73)41-23-21-37-17-13-15-19-39(37)63-41)57(79)69(11)48(28-36(7)8)56(78)62-32-50(72)68(10)46(26-34(3)4)54(76)60-30-44(66-52(74)42-24-22-38-18-14-16-20-40(38)64-42)58(80)70(12)47(27-35(5)6)55(77)61-31-49(71)67(45)9/h13-24,33-36,43-48H,25-32H2,1-12H3,(H,59,75)(H,60,76)(H,61,77)(H,62,78)(H,65,73)(H,66,74)/t43-,44-,45-,46-,47-,48-/m0/s1. The normalized spacial score (nSPS) is 21.6. The third-order valence-corrected chi connectivity index (χ3v) is 14.0. The van der Waals surface area contributed by atoms with Crippen LogP contribution in [-0.4, -0.2) is 179 Å². The lowest BCUT2D eigenvalue weighted by Crippen LogP contribution is -2.60. The lowest BCUT2D eigenvalue weighted by Gasteiger charge is -2.34. The van der Waals surface area contributed by atoms with Gasteiger partial charge in [0, 0.05) is 52.1 Å². The largest absolute Gasteiger partial charge is 0.352 e. The number of rotatable bonds is 12. The van der Waals surface area contributed by atoms with Crippen LogP contribution in [0.5, 0.6) is 0 Å². The Morgan fingerprint density at radius 3 is 1.07 bits per heavy atom. The number of carbonyl (C=O) groups is 10. The molecule has 0 aliphatic carbocycles. The van der Waals surface area contributed by atoms with Crippen molar-refractivity contribution in [3.05, 3.63) is 84.2 Å². The van der Waals surface area contributed by atoms with Gasteiger partial charge in [0.1, 0.15) is 47.6 Å². The Morgan fingerprint density at radius 2 is 0.750 bits per heavy atom. The van der Waals surface area contributed by atoms with Gasteiger partial charge in [0.2, 0.25) is 47.3 Å². The van der Waals surface area contributed by atoms with E-state index in [1.54, 1.807) is 36.4 Å². The monoisotopic (exact) mass is 1100 g/mol. The van der Waals surface area contributed by atoms with Crippen LogP contribution >= 0.6 is 0 Å². The number of nitrogens with one attached hydrogen (secondary N) is 6. The number of carbonyl (C=O) groups excluding carboxylic acids is 10. The zero-order chi connectivity index (χ0) is 59.1. The summed E-state index contributed by atoms with van der Waals surface area (Å²) >= 11 is 0. The maximum atomic E-state index is 14.8. The molecule has 0 spiro atoms. The Balaban J connectivity index is 1.54. The van der Waals surface area contributed by atoms with Crippen LogP contribution in [0.1, 0.15) is 102 Å². The van der Waals surface area contributed by atoms with E-state index in [4.69, 9.17) is 0 Å². The second kappa shape index (κ2) is 28.7. The van der Waals surface area contributed by atoms with Crippen molar-refractivity contribution >= 4 is 80.9 Å². The van der Waals surface area contributed by atoms with E-state index in [0.717, 1.165) is 20.6 Å². The molecule has 22 nitrogen and oxygen atoms in total. The maximum Gasteiger partial charge on any atom is 0.270 e. The first-order valence-corrected chi connectivity index (χ1v) is 27.3. The summed E-state index contributed by atoms with van der Waals surface area (Å²) in [6, 6.07) is 13.0. The highest BCUT2D eigenvalue weighted by molar-refractivity contribution is 6.01. The van der Waals surface area contributed by atoms with Crippen molar-refractivity contribution in [3.63, 3.8) is 0 Å². The van der Waals surface area contributed by atoms with Gasteiger partial charge in [0.05, 0.1) is 24.1 Å². The van der Waals surface area contributed by atoms with E-state index in [2.05, 4.69) is 41.9 Å². The lowest BCUT2D eigenvalue weighted by atomic mass is 10.00. The van der Waals surface area contributed by atoms with Crippen LogP contribution in [0.15, 0.2) is 72.8 Å². The zero-order valence-electron chi connectivity index (χ0n) is 48.1. The molecule has 80 heavy (non-hydrogen) atoms. The molecule has 4 aromatic rings. The van der Waals surface area contributed by atoms with E-state index in [9.17, 15) is 47.9 Å². The molecule has 2 aromatic heterocycles. The van der Waals surface area contributed by atoms with Gasteiger partial charge in [-0.15, -0.1) is 0 Å². The highest BCUT2D eigenvalue weighted by atomic mass is 16.2. The minimum atomic E-state index is -1.49. The minimum Gasteiger partial charge on any atom is -0.352 e. The van der Waals surface area contributed by atoms with Gasteiger partial charge >= 0.3 is 0 Å². The molecular weight excluding hydrogens is 1020 g/mol. The SMILES string of the molecule is CC(C)C[C@H]1C(=O)NC[C@H](NC(=O)c2ccc3ccccc3n2)C(=O)N(C)[C@@H](CC(C)C)C(=O)NCC(=O)N(C)[C@@H](CC(C)C)C(=O)NC[C@H](NC(=O)c2ccc3ccccc3n2)C(=O)N(C)[C@@H](CC(C)C)C(=O)NCC(=O)N1C. The average Bonchev–Trinajstić information content (AvgIpc) is 3.44. The average molecular weight is 1110 g/mol. The van der Waals surface area contributed by atoms with E-state index in [0.29, 0.717) is 11.0 Å². The number of para-hydroxylation sites is 2. The van der Waals surface area contributed by atoms with Crippen molar-refractivity contribution in [1.82, 2.24) is 61.5 Å². The molecule has 6 N–H and O–H groups in total. The molecule has 1 fully saturated rings. The van der Waals surface area contributed by atoms with Crippen LogP contribution in [0.25, 0.3) is 21.8 Å². The zero-order valence-corrected chi connectivity index (χ0v) is 48.1. The summed E-state index contributed by atoms with van der Waals surface area (Å²) in [5.74, 6) is -7.81. The number of pyridine rings is 2. The Kier molecular flexibility index (Phi) is 22.5. The summed E-state index contributed by atoms with van der Waals surface area (Å²) in [6.07, 6.45) is 0.497. The fraction of sp³-hybridized carbons (Fsp3) is 0.517. The van der Waals surface area contributed by atoms with Crippen LogP contribution < -0.4 is 31.9 Å². The smallest absolute Gasteiger partial charge is 0.270 e. The Labute approximate surface area is 468 Å². The first kappa shape index (κ1) is 62.8. The van der Waals surface area contributed by atoms with E-state index >= 15 is 0 Å². The summed E-state index contributed by atoms with van der Waals surface area (Å²) < 4.78 is 0. The first-order chi connectivity index (χ1) is 37.8. The molecule has 0 saturated carbocycles. The highest BCUT2D eigenvalue weighted by Crippen LogP contribution is 2.19. The van der Waals surface area contributed by atoms with Crippen molar-refractivity contribution in [2.45, 2.75) is 117 Å². The Hall–Kier alpha value is -8.04. The minimum absolute atomic E-state index is 0.0256. The summed E-state index contributed by atoms with van der Waals surface area (Å²) in [5.41, 5.74) is 0.983. The predicted octanol–water partition coefficient (Wildman–Crippen LogP) is 2.65. The molecule has 2 aromatic carbocycles. The van der Waals surface area contributed by atoms with Crippen molar-refractivity contribution in [2.24, 2.45) is 23.7 Å². The summed E-state index contributed by atoms with van der Waals surface area (Å²) in [6.45, 7) is 12.6. The van der Waals surface area contributed by atoms with Gasteiger partial charge in [-0.1, -0.05) is 104 Å². The van der Waals surface area contributed by atoms with Gasteiger partial charge < -0.3 is 51.5 Å². The number of benzene rings is 2. The molecule has 5 rings (SSSR count). The molecule has 0 bridgehead atoms. The number of nitrogens with zero attached hydrogens (tertiary/aromatic N) is 6. The fourth-order valence-corrected chi connectivity index (χ4v) is 9.40. The van der Waals surface area contributed by atoms with Crippen LogP contribution in [0.3, 0.4) is 0 Å². The second-order valence-electron chi connectivity index (χ2n) is 22.2. The van der Waals surface area contributed by atoms with E-state index < -0.39 is 122 Å². The molecule has 1 saturated heterocycles. The number of amides is 10. The third kappa shape index (κ3) is 17.0. The number of likely N-dealkylation sites (N-methyl/N-ethyl adjacent to an activating group) is 4. The topological polar surface area (TPSA) is 282 Å². The fourth-order valence-electron chi connectivity index (χ4n) is 9.40.